The second-order valence-corrected chi connectivity index (χ2v) is 6.45. The first kappa shape index (κ1) is 16.8. The maximum atomic E-state index is 11.8. The minimum absolute atomic E-state index is 0.285. The second kappa shape index (κ2) is 7.59. The van der Waals surface area contributed by atoms with Crippen molar-refractivity contribution in [1.82, 2.24) is 4.90 Å². The van der Waals surface area contributed by atoms with Crippen molar-refractivity contribution in [2.24, 2.45) is 5.41 Å². The highest BCUT2D eigenvalue weighted by atomic mass is 16.5. The number of allylic oxidation sites excluding steroid dienone is 3. The van der Waals surface area contributed by atoms with Crippen molar-refractivity contribution in [3.05, 3.63) is 48.6 Å². The first-order chi connectivity index (χ1) is 10.6. The van der Waals surface area contributed by atoms with E-state index in [-0.39, 0.29) is 5.97 Å². The van der Waals surface area contributed by atoms with Crippen LogP contribution >= 0.6 is 0 Å². The maximum absolute atomic E-state index is 11.8. The predicted octanol–water partition coefficient (Wildman–Crippen LogP) is 3.65. The van der Waals surface area contributed by atoms with E-state index >= 15 is 0 Å². The van der Waals surface area contributed by atoms with E-state index in [1.165, 1.54) is 39.3 Å². The standard InChI is InChI=1S/C19H27NO2/c1-4-7-16(13-17(8-5-2)18(21)22-3)14-20-12-6-9-19(15-20)10-11-19/h4-5,7,13H,1-2,6,8-12,14-15H2,3H3/b16-7+,17-13+. The molecule has 0 radical (unpaired) electrons. The molecule has 120 valence electrons. The van der Waals surface area contributed by atoms with E-state index < -0.39 is 0 Å². The first-order valence-electron chi connectivity index (χ1n) is 8.06. The van der Waals surface area contributed by atoms with Crippen molar-refractivity contribution in [2.75, 3.05) is 26.7 Å². The smallest absolute Gasteiger partial charge is 0.334 e. The molecule has 2 aliphatic rings. The fourth-order valence-corrected chi connectivity index (χ4v) is 3.30. The van der Waals surface area contributed by atoms with Gasteiger partial charge < -0.3 is 4.74 Å². The summed E-state index contributed by atoms with van der Waals surface area (Å²) in [5, 5.41) is 0. The molecule has 2 rings (SSSR count). The minimum Gasteiger partial charge on any atom is -0.466 e. The number of carbonyl (C=O) groups is 1. The summed E-state index contributed by atoms with van der Waals surface area (Å²) in [5.41, 5.74) is 2.35. The number of hydrogen-bond donors (Lipinski definition) is 0. The van der Waals surface area contributed by atoms with Crippen LogP contribution in [0.25, 0.3) is 0 Å². The van der Waals surface area contributed by atoms with Gasteiger partial charge in [0, 0.05) is 18.7 Å². The molecule has 3 nitrogen and oxygen atoms in total. The number of esters is 1. The summed E-state index contributed by atoms with van der Waals surface area (Å²) in [5.74, 6) is -0.285. The Kier molecular flexibility index (Phi) is 5.78. The van der Waals surface area contributed by atoms with Gasteiger partial charge >= 0.3 is 5.97 Å². The number of rotatable bonds is 7. The molecule has 0 atom stereocenters. The third kappa shape index (κ3) is 4.44. The Morgan fingerprint density at radius 2 is 2.09 bits per heavy atom. The fourth-order valence-electron chi connectivity index (χ4n) is 3.30. The van der Waals surface area contributed by atoms with E-state index in [0.717, 1.165) is 18.7 Å². The maximum Gasteiger partial charge on any atom is 0.334 e. The molecule has 2 fully saturated rings. The number of piperidine rings is 1. The van der Waals surface area contributed by atoms with E-state index in [1.54, 1.807) is 12.2 Å². The number of nitrogens with zero attached hydrogens (tertiary/aromatic N) is 1. The van der Waals surface area contributed by atoms with E-state index in [2.05, 4.69) is 18.1 Å². The Morgan fingerprint density at radius 3 is 2.68 bits per heavy atom. The van der Waals surface area contributed by atoms with Crippen LogP contribution in [0.2, 0.25) is 0 Å². The molecule has 0 aromatic heterocycles. The van der Waals surface area contributed by atoms with Crippen molar-refractivity contribution in [3.63, 3.8) is 0 Å². The Balaban J connectivity index is 2.08. The number of ether oxygens (including phenoxy) is 1. The molecule has 22 heavy (non-hydrogen) atoms. The molecule has 1 heterocycles. The normalized spacial score (nSPS) is 21.5. The van der Waals surface area contributed by atoms with E-state index in [4.69, 9.17) is 4.74 Å². The fraction of sp³-hybridized carbons (Fsp3) is 0.526. The molecule has 0 amide bonds. The van der Waals surface area contributed by atoms with Gasteiger partial charge in [-0.1, -0.05) is 24.8 Å². The topological polar surface area (TPSA) is 29.5 Å². The molecular formula is C19H27NO2. The Labute approximate surface area is 134 Å². The molecule has 1 saturated heterocycles. The summed E-state index contributed by atoms with van der Waals surface area (Å²) in [6.45, 7) is 10.7. The Morgan fingerprint density at radius 1 is 1.32 bits per heavy atom. The van der Waals surface area contributed by atoms with Crippen LogP contribution in [0, 0.1) is 5.41 Å². The number of hydrogen-bond acceptors (Lipinski definition) is 3. The summed E-state index contributed by atoms with van der Waals surface area (Å²) in [6.07, 6.45) is 13.4. The van der Waals surface area contributed by atoms with Gasteiger partial charge in [0.1, 0.15) is 0 Å². The molecule has 0 aromatic rings. The summed E-state index contributed by atoms with van der Waals surface area (Å²) in [6, 6.07) is 0. The van der Waals surface area contributed by atoms with Crippen molar-refractivity contribution < 1.29 is 9.53 Å². The molecule has 1 aliphatic carbocycles. The van der Waals surface area contributed by atoms with Gasteiger partial charge in [0.15, 0.2) is 0 Å². The molecule has 1 saturated carbocycles. The van der Waals surface area contributed by atoms with Gasteiger partial charge in [0.05, 0.1) is 7.11 Å². The van der Waals surface area contributed by atoms with Crippen LogP contribution in [-0.2, 0) is 9.53 Å². The van der Waals surface area contributed by atoms with Crippen LogP contribution in [0.1, 0.15) is 32.1 Å². The monoisotopic (exact) mass is 301 g/mol. The molecular weight excluding hydrogens is 274 g/mol. The predicted molar refractivity (Wildman–Crippen MR) is 90.5 cm³/mol. The Hall–Kier alpha value is -1.61. The molecule has 1 spiro atoms. The molecule has 1 aliphatic heterocycles. The molecule has 0 N–H and O–H groups in total. The minimum atomic E-state index is -0.285. The molecule has 0 aromatic carbocycles. The van der Waals surface area contributed by atoms with Crippen LogP contribution in [0.3, 0.4) is 0 Å². The van der Waals surface area contributed by atoms with E-state index in [1.807, 2.05) is 12.2 Å². The van der Waals surface area contributed by atoms with Crippen molar-refractivity contribution in [1.29, 1.82) is 0 Å². The molecule has 0 bridgehead atoms. The van der Waals surface area contributed by atoms with Gasteiger partial charge in [-0.3, -0.25) is 4.90 Å². The lowest BCUT2D eigenvalue weighted by Crippen LogP contribution is -2.37. The summed E-state index contributed by atoms with van der Waals surface area (Å²) < 4.78 is 4.86. The highest BCUT2D eigenvalue weighted by Gasteiger charge is 2.45. The number of likely N-dealkylation sites (tertiary alicyclic amines) is 1. The summed E-state index contributed by atoms with van der Waals surface area (Å²) in [4.78, 5) is 14.3. The van der Waals surface area contributed by atoms with Gasteiger partial charge in [-0.05, 0) is 55.7 Å². The highest BCUT2D eigenvalue weighted by Crippen LogP contribution is 2.52. The van der Waals surface area contributed by atoms with Crippen LogP contribution < -0.4 is 0 Å². The van der Waals surface area contributed by atoms with Crippen LogP contribution in [0.5, 0.6) is 0 Å². The third-order valence-electron chi connectivity index (χ3n) is 4.61. The van der Waals surface area contributed by atoms with E-state index in [9.17, 15) is 4.79 Å². The lowest BCUT2D eigenvalue weighted by atomic mass is 9.94. The van der Waals surface area contributed by atoms with Gasteiger partial charge in [0.2, 0.25) is 0 Å². The quantitative estimate of drug-likeness (QED) is 0.311. The zero-order valence-corrected chi connectivity index (χ0v) is 13.6. The lowest BCUT2D eigenvalue weighted by Gasteiger charge is -2.33. The van der Waals surface area contributed by atoms with Crippen LogP contribution in [0.4, 0.5) is 0 Å². The van der Waals surface area contributed by atoms with E-state index in [0.29, 0.717) is 17.4 Å². The average Bonchev–Trinajstić information content (AvgIpc) is 3.25. The van der Waals surface area contributed by atoms with Crippen molar-refractivity contribution in [2.45, 2.75) is 32.1 Å². The largest absolute Gasteiger partial charge is 0.466 e. The molecule has 0 unspecified atom stereocenters. The zero-order chi connectivity index (χ0) is 16.0. The zero-order valence-electron chi connectivity index (χ0n) is 13.6. The van der Waals surface area contributed by atoms with Gasteiger partial charge in [-0.2, -0.15) is 0 Å². The lowest BCUT2D eigenvalue weighted by molar-refractivity contribution is -0.136. The third-order valence-corrected chi connectivity index (χ3v) is 4.61. The van der Waals surface area contributed by atoms with Gasteiger partial charge in [-0.25, -0.2) is 4.79 Å². The SMILES string of the molecule is C=C/C=C(\C=C(/CC=C)C(=O)OC)CN1CCCC2(CC2)C1. The van der Waals surface area contributed by atoms with Crippen molar-refractivity contribution in [3.8, 4) is 0 Å². The average molecular weight is 301 g/mol. The highest BCUT2D eigenvalue weighted by molar-refractivity contribution is 5.89. The second-order valence-electron chi connectivity index (χ2n) is 6.45. The molecule has 3 heteroatoms. The number of carbonyl (C=O) groups excluding carboxylic acids is 1. The Bertz CT molecular complexity index is 498. The van der Waals surface area contributed by atoms with Crippen LogP contribution in [0.15, 0.2) is 48.6 Å². The number of methoxy groups -OCH3 is 1. The summed E-state index contributed by atoms with van der Waals surface area (Å²) in [7, 11) is 1.41. The first-order valence-corrected chi connectivity index (χ1v) is 8.06. The van der Waals surface area contributed by atoms with Gasteiger partial charge in [-0.15, -0.1) is 6.58 Å². The van der Waals surface area contributed by atoms with Crippen molar-refractivity contribution >= 4 is 5.97 Å². The van der Waals surface area contributed by atoms with Crippen LogP contribution in [-0.4, -0.2) is 37.6 Å². The van der Waals surface area contributed by atoms with Gasteiger partial charge in [0.25, 0.3) is 0 Å². The summed E-state index contributed by atoms with van der Waals surface area (Å²) >= 11 is 0.